The minimum Gasteiger partial charge on any atom is -0.471 e. The summed E-state index contributed by atoms with van der Waals surface area (Å²) >= 11 is 0. The van der Waals surface area contributed by atoms with Gasteiger partial charge in [0.05, 0.1) is 24.6 Å². The Morgan fingerprint density at radius 3 is 2.70 bits per heavy atom. The third-order valence-corrected chi connectivity index (χ3v) is 4.57. The lowest BCUT2D eigenvalue weighted by molar-refractivity contribution is 0.102. The van der Waals surface area contributed by atoms with Crippen molar-refractivity contribution in [3.63, 3.8) is 0 Å². The van der Waals surface area contributed by atoms with Gasteiger partial charge in [0, 0.05) is 30.7 Å². The lowest BCUT2D eigenvalue weighted by Gasteiger charge is -2.08. The van der Waals surface area contributed by atoms with Gasteiger partial charge in [0.1, 0.15) is 5.75 Å². The fourth-order valence-corrected chi connectivity index (χ4v) is 2.97. The van der Waals surface area contributed by atoms with Gasteiger partial charge < -0.3 is 10.1 Å². The van der Waals surface area contributed by atoms with Crippen LogP contribution in [0.1, 0.15) is 28.5 Å². The number of para-hydroxylation sites is 1. The van der Waals surface area contributed by atoms with Crippen LogP contribution in [0.2, 0.25) is 0 Å². The van der Waals surface area contributed by atoms with Crippen LogP contribution in [0.15, 0.2) is 61.3 Å². The first-order chi connectivity index (χ1) is 14.6. The summed E-state index contributed by atoms with van der Waals surface area (Å²) in [6, 6.07) is 9.41. The van der Waals surface area contributed by atoms with E-state index in [1.807, 2.05) is 55.2 Å². The van der Waals surface area contributed by atoms with Crippen molar-refractivity contribution in [2.75, 3.05) is 5.32 Å². The number of nitrogens with one attached hydrogen (secondary N) is 1. The fourth-order valence-electron chi connectivity index (χ4n) is 2.97. The Bertz CT molecular complexity index is 1140. The molecular formula is C21H23N7O2. The number of aryl methyl sites for hydroxylation is 2. The molecule has 0 bridgehead atoms. The van der Waals surface area contributed by atoms with E-state index >= 15 is 0 Å². The van der Waals surface area contributed by atoms with Crippen molar-refractivity contribution in [2.45, 2.75) is 33.7 Å². The summed E-state index contributed by atoms with van der Waals surface area (Å²) in [4.78, 5) is 12.5. The van der Waals surface area contributed by atoms with Crippen LogP contribution in [0.5, 0.6) is 5.75 Å². The van der Waals surface area contributed by atoms with Crippen molar-refractivity contribution in [1.29, 1.82) is 0 Å². The first-order valence-electron chi connectivity index (χ1n) is 9.67. The van der Waals surface area contributed by atoms with Crippen molar-refractivity contribution in [3.05, 3.63) is 78.1 Å². The zero-order chi connectivity index (χ0) is 20.9. The Balaban J connectivity index is 1.33. The Kier molecular flexibility index (Phi) is 5.60. The average molecular weight is 405 g/mol. The molecular weight excluding hydrogens is 382 g/mol. The number of ether oxygens (including phenoxy) is 1. The van der Waals surface area contributed by atoms with E-state index in [2.05, 4.69) is 20.6 Å². The molecule has 3 aromatic heterocycles. The summed E-state index contributed by atoms with van der Waals surface area (Å²) in [6.07, 6.45) is 8.89. The number of carbonyl (C=O) groups is 1. The molecule has 1 amide bonds. The first kappa shape index (κ1) is 19.4. The highest BCUT2D eigenvalue weighted by atomic mass is 16.5. The monoisotopic (exact) mass is 405 g/mol. The quantitative estimate of drug-likeness (QED) is 0.487. The summed E-state index contributed by atoms with van der Waals surface area (Å²) in [5, 5.41) is 15.6. The van der Waals surface area contributed by atoms with Crippen LogP contribution in [-0.4, -0.2) is 35.2 Å². The smallest absolute Gasteiger partial charge is 0.276 e. The molecule has 154 valence electrons. The van der Waals surface area contributed by atoms with Crippen LogP contribution >= 0.6 is 0 Å². The van der Waals surface area contributed by atoms with E-state index in [4.69, 9.17) is 4.74 Å². The maximum absolute atomic E-state index is 12.5. The second-order valence-corrected chi connectivity index (χ2v) is 6.86. The van der Waals surface area contributed by atoms with Gasteiger partial charge in [-0.1, -0.05) is 18.2 Å². The van der Waals surface area contributed by atoms with Crippen molar-refractivity contribution >= 4 is 11.6 Å². The maximum Gasteiger partial charge on any atom is 0.276 e. The second kappa shape index (κ2) is 8.64. The van der Waals surface area contributed by atoms with Crippen LogP contribution < -0.4 is 10.1 Å². The summed E-state index contributed by atoms with van der Waals surface area (Å²) in [5.74, 6) is 0.485. The summed E-state index contributed by atoms with van der Waals surface area (Å²) in [7, 11) is 0. The van der Waals surface area contributed by atoms with Gasteiger partial charge in [0.15, 0.2) is 12.4 Å². The molecule has 0 unspecified atom stereocenters. The predicted molar refractivity (Wildman–Crippen MR) is 111 cm³/mol. The van der Waals surface area contributed by atoms with E-state index in [1.165, 1.54) is 0 Å². The van der Waals surface area contributed by atoms with Gasteiger partial charge in [-0.25, -0.2) is 4.68 Å². The number of hydrogen-bond donors (Lipinski definition) is 1. The number of nitrogens with zero attached hydrogens (tertiary/aromatic N) is 6. The number of aromatic nitrogens is 6. The van der Waals surface area contributed by atoms with Crippen LogP contribution in [0.3, 0.4) is 0 Å². The first-order valence-corrected chi connectivity index (χ1v) is 9.67. The molecule has 0 fully saturated rings. The molecule has 1 N–H and O–H groups in total. The van der Waals surface area contributed by atoms with Crippen LogP contribution in [0.25, 0.3) is 0 Å². The molecule has 3 heterocycles. The normalized spacial score (nSPS) is 10.9. The Hall–Kier alpha value is -3.88. The van der Waals surface area contributed by atoms with E-state index in [9.17, 15) is 4.79 Å². The third kappa shape index (κ3) is 4.57. The number of anilines is 1. The largest absolute Gasteiger partial charge is 0.471 e. The molecule has 0 radical (unpaired) electrons. The van der Waals surface area contributed by atoms with Gasteiger partial charge in [-0.3, -0.25) is 14.2 Å². The standard InChI is InChI=1S/C21H23N7O2/c1-3-26-12-17(10-22-26)13-28-14-18(11-23-28)24-21(29)19-8-9-27(25-19)15-30-20-7-5-4-6-16(20)2/h4-12,14H,3,13,15H2,1-2H3,(H,24,29). The second-order valence-electron chi connectivity index (χ2n) is 6.86. The van der Waals surface area contributed by atoms with Crippen LogP contribution in [0, 0.1) is 6.92 Å². The molecule has 9 nitrogen and oxygen atoms in total. The molecule has 30 heavy (non-hydrogen) atoms. The van der Waals surface area contributed by atoms with E-state index in [0.717, 1.165) is 23.4 Å². The highest BCUT2D eigenvalue weighted by Gasteiger charge is 2.12. The number of benzene rings is 1. The zero-order valence-corrected chi connectivity index (χ0v) is 16.9. The highest BCUT2D eigenvalue weighted by molar-refractivity contribution is 6.02. The predicted octanol–water partition coefficient (Wildman–Crippen LogP) is 2.94. The van der Waals surface area contributed by atoms with Crippen molar-refractivity contribution in [1.82, 2.24) is 29.3 Å². The molecule has 0 spiro atoms. The van der Waals surface area contributed by atoms with Gasteiger partial charge in [-0.15, -0.1) is 0 Å². The van der Waals surface area contributed by atoms with Crippen molar-refractivity contribution in [3.8, 4) is 5.75 Å². The number of carbonyl (C=O) groups excluding carboxylic acids is 1. The number of amides is 1. The van der Waals surface area contributed by atoms with E-state index < -0.39 is 0 Å². The zero-order valence-electron chi connectivity index (χ0n) is 16.9. The number of hydrogen-bond acceptors (Lipinski definition) is 5. The Morgan fingerprint density at radius 2 is 1.90 bits per heavy atom. The molecule has 0 aliphatic rings. The Morgan fingerprint density at radius 1 is 1.07 bits per heavy atom. The molecule has 1 aromatic carbocycles. The fraction of sp³-hybridized carbons (Fsp3) is 0.238. The van der Waals surface area contributed by atoms with Crippen molar-refractivity contribution in [2.24, 2.45) is 0 Å². The molecule has 0 saturated heterocycles. The molecule has 0 atom stereocenters. The summed E-state index contributed by atoms with van der Waals surface area (Å²) < 4.78 is 10.9. The van der Waals surface area contributed by atoms with E-state index in [0.29, 0.717) is 17.9 Å². The van der Waals surface area contributed by atoms with Gasteiger partial charge in [-0.2, -0.15) is 15.3 Å². The number of rotatable bonds is 8. The van der Waals surface area contributed by atoms with Crippen LogP contribution in [-0.2, 0) is 19.8 Å². The SMILES string of the molecule is CCn1cc(Cn2cc(NC(=O)c3ccn(COc4ccccc4C)n3)cn2)cn1. The minimum atomic E-state index is -0.303. The maximum atomic E-state index is 12.5. The molecule has 0 aliphatic heterocycles. The molecule has 0 aliphatic carbocycles. The lowest BCUT2D eigenvalue weighted by atomic mass is 10.2. The minimum absolute atomic E-state index is 0.224. The van der Waals surface area contributed by atoms with Gasteiger partial charge in [-0.05, 0) is 31.5 Å². The lowest BCUT2D eigenvalue weighted by Crippen LogP contribution is -2.14. The summed E-state index contributed by atoms with van der Waals surface area (Å²) in [5.41, 5.74) is 3.00. The van der Waals surface area contributed by atoms with Crippen LogP contribution in [0.4, 0.5) is 5.69 Å². The van der Waals surface area contributed by atoms with Gasteiger partial charge >= 0.3 is 0 Å². The van der Waals surface area contributed by atoms with Gasteiger partial charge in [0.2, 0.25) is 0 Å². The molecule has 9 heteroatoms. The van der Waals surface area contributed by atoms with Crippen molar-refractivity contribution < 1.29 is 9.53 Å². The molecule has 0 saturated carbocycles. The highest BCUT2D eigenvalue weighted by Crippen LogP contribution is 2.16. The van der Waals surface area contributed by atoms with E-state index in [1.54, 1.807) is 34.0 Å². The molecule has 4 rings (SSSR count). The van der Waals surface area contributed by atoms with E-state index in [-0.39, 0.29) is 12.6 Å². The third-order valence-electron chi connectivity index (χ3n) is 4.57. The summed E-state index contributed by atoms with van der Waals surface area (Å²) in [6.45, 7) is 5.65. The Labute approximate surface area is 173 Å². The topological polar surface area (TPSA) is 91.8 Å². The van der Waals surface area contributed by atoms with Gasteiger partial charge in [0.25, 0.3) is 5.91 Å². The average Bonchev–Trinajstić information content (AvgIpc) is 3.49. The molecule has 4 aromatic rings.